The highest BCUT2D eigenvalue weighted by atomic mass is 32.2. The van der Waals surface area contributed by atoms with Crippen molar-refractivity contribution in [3.63, 3.8) is 0 Å². The molecule has 2 unspecified atom stereocenters. The zero-order valence-corrected chi connectivity index (χ0v) is 14.8. The minimum atomic E-state index is -3.76. The first-order valence-corrected chi connectivity index (χ1v) is 9.80. The summed E-state index contributed by atoms with van der Waals surface area (Å²) in [6.45, 7) is 3.52. The molecule has 2 aliphatic rings. The Balaban J connectivity index is 1.86. The van der Waals surface area contributed by atoms with Crippen molar-refractivity contribution >= 4 is 16.0 Å². The third-order valence-electron chi connectivity index (χ3n) is 4.58. The average molecular weight is 352 g/mol. The fourth-order valence-electron chi connectivity index (χ4n) is 3.57. The van der Waals surface area contributed by atoms with Crippen molar-refractivity contribution in [2.75, 3.05) is 0 Å². The molecule has 1 aliphatic carbocycles. The molecule has 0 spiro atoms. The van der Waals surface area contributed by atoms with Gasteiger partial charge >= 0.3 is 6.02 Å². The fourth-order valence-corrected chi connectivity index (χ4v) is 5.27. The van der Waals surface area contributed by atoms with Crippen molar-refractivity contribution in [3.8, 4) is 0 Å². The molecule has 0 radical (unpaired) electrons. The number of rotatable bonds is 2. The topological polar surface area (TPSA) is 88.0 Å². The maximum absolute atomic E-state index is 12.8. The van der Waals surface area contributed by atoms with Crippen molar-refractivity contribution in [3.05, 3.63) is 35.9 Å². The van der Waals surface area contributed by atoms with Gasteiger partial charge in [0.1, 0.15) is 10.9 Å². The van der Waals surface area contributed by atoms with Crippen molar-refractivity contribution in [1.82, 2.24) is 5.32 Å². The van der Waals surface area contributed by atoms with Gasteiger partial charge in [-0.3, -0.25) is 0 Å². The average Bonchev–Trinajstić information content (AvgIpc) is 2.45. The molecule has 1 saturated carbocycles. The molecule has 3 rings (SSSR count). The summed E-state index contributed by atoms with van der Waals surface area (Å²) in [6, 6.07) is 9.02. The molecule has 3 atom stereocenters. The van der Waals surface area contributed by atoms with Crippen LogP contribution in [0.15, 0.2) is 34.7 Å². The summed E-state index contributed by atoms with van der Waals surface area (Å²) in [6.07, 6.45) is 2.76. The summed E-state index contributed by atoms with van der Waals surface area (Å²) in [5.74, 6) is 0. The Labute approximate surface area is 143 Å². The van der Waals surface area contributed by atoms with E-state index in [2.05, 4.69) is 9.71 Å². The third-order valence-corrected chi connectivity index (χ3v) is 6.43. The quantitative estimate of drug-likeness (QED) is 0.851. The van der Waals surface area contributed by atoms with Crippen LogP contribution in [0.25, 0.3) is 0 Å². The Morgan fingerprint density at radius 1 is 1.25 bits per heavy atom. The van der Waals surface area contributed by atoms with E-state index < -0.39 is 20.9 Å². The first-order valence-electron chi connectivity index (χ1n) is 8.30. The molecule has 132 valence electrons. The molecule has 1 aliphatic heterocycles. The molecule has 0 saturated heterocycles. The highest BCUT2D eigenvalue weighted by molar-refractivity contribution is 7.90. The van der Waals surface area contributed by atoms with Gasteiger partial charge in [-0.15, -0.1) is 4.40 Å². The highest BCUT2D eigenvalue weighted by Gasteiger charge is 2.47. The second kappa shape index (κ2) is 6.37. The van der Waals surface area contributed by atoms with E-state index in [4.69, 9.17) is 4.74 Å². The van der Waals surface area contributed by atoms with Gasteiger partial charge in [-0.2, -0.15) is 0 Å². The molecule has 2 N–H and O–H groups in total. The predicted molar refractivity (Wildman–Crippen MR) is 92.1 cm³/mol. The van der Waals surface area contributed by atoms with Crippen LogP contribution in [-0.4, -0.2) is 37.3 Å². The zero-order chi connectivity index (χ0) is 17.4. The first-order chi connectivity index (χ1) is 11.3. The minimum Gasteiger partial charge on any atom is -0.457 e. The van der Waals surface area contributed by atoms with Gasteiger partial charge < -0.3 is 15.2 Å². The molecule has 0 bridgehead atoms. The molecule has 7 heteroatoms. The lowest BCUT2D eigenvalue weighted by Gasteiger charge is -2.38. The molecule has 0 amide bonds. The number of aliphatic hydroxyl groups excluding tert-OH is 1. The van der Waals surface area contributed by atoms with E-state index in [1.807, 2.05) is 18.2 Å². The van der Waals surface area contributed by atoms with Gasteiger partial charge in [-0.1, -0.05) is 30.3 Å². The standard InChI is InChI=1S/C17H24N2O4S/c1-17(2)15(12-7-4-3-5-8-12)24(21,22)19-16(23-17)18-13-9-6-10-14(20)11-13/h3-5,7-8,13-15,20H,6,9-11H2,1-2H3,(H,18,19)/t13?,14-,15?/m0/s1. The van der Waals surface area contributed by atoms with Crippen molar-refractivity contribution < 1.29 is 18.3 Å². The second-order valence-corrected chi connectivity index (χ2v) is 8.75. The number of hydrogen-bond donors (Lipinski definition) is 2. The fraction of sp³-hybridized carbons (Fsp3) is 0.588. The number of nitrogens with zero attached hydrogens (tertiary/aromatic N) is 1. The van der Waals surface area contributed by atoms with Gasteiger partial charge in [0.05, 0.1) is 6.10 Å². The van der Waals surface area contributed by atoms with Crippen LogP contribution >= 0.6 is 0 Å². The maximum Gasteiger partial charge on any atom is 0.301 e. The highest BCUT2D eigenvalue weighted by Crippen LogP contribution is 2.40. The number of aliphatic hydroxyl groups is 1. The lowest BCUT2D eigenvalue weighted by molar-refractivity contribution is 0.0709. The summed E-state index contributed by atoms with van der Waals surface area (Å²) < 4.78 is 35.3. The van der Waals surface area contributed by atoms with E-state index >= 15 is 0 Å². The largest absolute Gasteiger partial charge is 0.457 e. The van der Waals surface area contributed by atoms with E-state index in [1.54, 1.807) is 26.0 Å². The lowest BCUT2D eigenvalue weighted by atomic mass is 9.93. The maximum atomic E-state index is 12.8. The Morgan fingerprint density at radius 3 is 2.58 bits per heavy atom. The van der Waals surface area contributed by atoms with Gasteiger partial charge in [0.2, 0.25) is 0 Å². The van der Waals surface area contributed by atoms with Crippen LogP contribution in [0, 0.1) is 0 Å². The predicted octanol–water partition coefficient (Wildman–Crippen LogP) is 2.12. The van der Waals surface area contributed by atoms with E-state index in [0.717, 1.165) is 19.3 Å². The summed E-state index contributed by atoms with van der Waals surface area (Å²) in [5.41, 5.74) is -0.282. The molecular weight excluding hydrogens is 328 g/mol. The molecule has 1 aromatic carbocycles. The van der Waals surface area contributed by atoms with Crippen LogP contribution in [0.5, 0.6) is 0 Å². The van der Waals surface area contributed by atoms with Gasteiger partial charge in [-0.25, -0.2) is 8.42 Å². The molecular formula is C17H24N2O4S. The lowest BCUT2D eigenvalue weighted by Crippen LogP contribution is -2.50. The van der Waals surface area contributed by atoms with E-state index in [-0.39, 0.29) is 18.2 Å². The molecule has 24 heavy (non-hydrogen) atoms. The number of sulfonamides is 1. The Bertz CT molecular complexity index is 715. The Morgan fingerprint density at radius 2 is 1.96 bits per heavy atom. The monoisotopic (exact) mass is 352 g/mol. The smallest absolute Gasteiger partial charge is 0.301 e. The van der Waals surface area contributed by atoms with Crippen LogP contribution < -0.4 is 5.32 Å². The van der Waals surface area contributed by atoms with Crippen LogP contribution in [-0.2, 0) is 14.8 Å². The van der Waals surface area contributed by atoms with Gasteiger partial charge in [0, 0.05) is 6.04 Å². The third kappa shape index (κ3) is 3.57. The van der Waals surface area contributed by atoms with Crippen LogP contribution in [0.4, 0.5) is 0 Å². The van der Waals surface area contributed by atoms with Gasteiger partial charge in [0.25, 0.3) is 10.0 Å². The molecule has 1 aromatic rings. The van der Waals surface area contributed by atoms with Crippen LogP contribution in [0.2, 0.25) is 0 Å². The van der Waals surface area contributed by atoms with Crippen LogP contribution in [0.3, 0.4) is 0 Å². The summed E-state index contributed by atoms with van der Waals surface area (Å²) in [5, 5.41) is 12.0. The molecule has 0 aromatic heterocycles. The molecule has 1 fully saturated rings. The number of nitrogens with one attached hydrogen (secondary N) is 1. The van der Waals surface area contributed by atoms with E-state index in [9.17, 15) is 13.5 Å². The first kappa shape index (κ1) is 17.2. The normalized spacial score (nSPS) is 31.6. The van der Waals surface area contributed by atoms with Crippen molar-refractivity contribution in [1.29, 1.82) is 0 Å². The molecule has 1 heterocycles. The van der Waals surface area contributed by atoms with Crippen LogP contribution in [0.1, 0.15) is 50.3 Å². The Kier molecular flexibility index (Phi) is 4.57. The van der Waals surface area contributed by atoms with Crippen molar-refractivity contribution in [2.24, 2.45) is 4.40 Å². The molecule has 6 nitrogen and oxygen atoms in total. The van der Waals surface area contributed by atoms with Crippen molar-refractivity contribution in [2.45, 2.75) is 62.5 Å². The summed E-state index contributed by atoms with van der Waals surface area (Å²) in [7, 11) is -3.76. The minimum absolute atomic E-state index is 0.0215. The second-order valence-electron chi connectivity index (χ2n) is 7.07. The summed E-state index contributed by atoms with van der Waals surface area (Å²) >= 11 is 0. The number of benzene rings is 1. The zero-order valence-electron chi connectivity index (χ0n) is 14.0. The van der Waals surface area contributed by atoms with Gasteiger partial charge in [-0.05, 0) is 45.1 Å². The SMILES string of the molecule is CC1(C)OC(NC2CCC[C@H](O)C2)=NS(=O)(=O)C1c1ccccc1. The Hall–Kier alpha value is -1.60. The van der Waals surface area contributed by atoms with E-state index in [0.29, 0.717) is 12.0 Å². The number of amidine groups is 1. The number of ether oxygens (including phenoxy) is 1. The van der Waals surface area contributed by atoms with E-state index in [1.165, 1.54) is 0 Å². The summed E-state index contributed by atoms with van der Waals surface area (Å²) in [4.78, 5) is 0. The number of hydrogen-bond acceptors (Lipinski definition) is 5. The van der Waals surface area contributed by atoms with Gasteiger partial charge in [0.15, 0.2) is 0 Å².